The second kappa shape index (κ2) is 6.12. The smallest absolute Gasteiger partial charge is 0.164 e. The van der Waals surface area contributed by atoms with Crippen molar-refractivity contribution in [3.63, 3.8) is 0 Å². The van der Waals surface area contributed by atoms with Gasteiger partial charge in [0, 0.05) is 11.6 Å². The summed E-state index contributed by atoms with van der Waals surface area (Å²) in [6.45, 7) is 0. The minimum Gasteiger partial charge on any atom is -0.496 e. The Labute approximate surface area is 107 Å². The molecule has 0 saturated carbocycles. The molecule has 0 spiro atoms. The maximum absolute atomic E-state index is 9.24. The van der Waals surface area contributed by atoms with Gasteiger partial charge in [-0.1, -0.05) is 0 Å². The summed E-state index contributed by atoms with van der Waals surface area (Å²) >= 11 is 0. The molecule has 0 aliphatic rings. The standard InChI is InChI=1S/C13H18N2O3/c1-15(2)10(8-14)9-6-12(17-4)13(18-5)7-11(9)16-3/h6-7,10H,1-5H3. The molecule has 0 bridgehead atoms. The number of nitriles is 1. The molecular weight excluding hydrogens is 232 g/mol. The van der Waals surface area contributed by atoms with Gasteiger partial charge in [-0.2, -0.15) is 5.26 Å². The summed E-state index contributed by atoms with van der Waals surface area (Å²) < 4.78 is 15.8. The van der Waals surface area contributed by atoms with E-state index in [1.807, 2.05) is 19.0 Å². The van der Waals surface area contributed by atoms with Crippen molar-refractivity contribution < 1.29 is 14.2 Å². The van der Waals surface area contributed by atoms with Crippen LogP contribution in [0, 0.1) is 11.3 Å². The van der Waals surface area contributed by atoms with Crippen LogP contribution in [0.25, 0.3) is 0 Å². The number of nitrogens with zero attached hydrogens (tertiary/aromatic N) is 2. The Hall–Kier alpha value is -1.93. The zero-order valence-electron chi connectivity index (χ0n) is 11.4. The van der Waals surface area contributed by atoms with Crippen molar-refractivity contribution in [1.29, 1.82) is 5.26 Å². The van der Waals surface area contributed by atoms with Crippen molar-refractivity contribution in [2.45, 2.75) is 6.04 Å². The second-order valence-electron chi connectivity index (χ2n) is 3.94. The maximum atomic E-state index is 9.24. The van der Waals surface area contributed by atoms with Gasteiger partial charge in [-0.25, -0.2) is 0 Å². The van der Waals surface area contributed by atoms with Crippen LogP contribution in [0.4, 0.5) is 0 Å². The summed E-state index contributed by atoms with van der Waals surface area (Å²) in [5, 5.41) is 9.24. The minimum absolute atomic E-state index is 0.403. The van der Waals surface area contributed by atoms with Gasteiger partial charge in [0.1, 0.15) is 11.8 Å². The highest BCUT2D eigenvalue weighted by atomic mass is 16.5. The maximum Gasteiger partial charge on any atom is 0.164 e. The number of ether oxygens (including phenoxy) is 3. The van der Waals surface area contributed by atoms with E-state index < -0.39 is 6.04 Å². The van der Waals surface area contributed by atoms with Crippen LogP contribution in [0.2, 0.25) is 0 Å². The number of rotatable bonds is 5. The monoisotopic (exact) mass is 250 g/mol. The molecule has 5 heteroatoms. The molecule has 1 aromatic carbocycles. The fourth-order valence-corrected chi connectivity index (χ4v) is 1.73. The first-order valence-corrected chi connectivity index (χ1v) is 5.45. The molecule has 1 unspecified atom stereocenters. The molecular formula is C13H18N2O3. The third-order valence-electron chi connectivity index (χ3n) is 2.67. The summed E-state index contributed by atoms with van der Waals surface area (Å²) in [5.41, 5.74) is 0.752. The molecule has 5 nitrogen and oxygen atoms in total. The molecule has 1 atom stereocenters. The lowest BCUT2D eigenvalue weighted by molar-refractivity contribution is 0.326. The Morgan fingerprint density at radius 1 is 1.00 bits per heavy atom. The highest BCUT2D eigenvalue weighted by Gasteiger charge is 2.21. The Balaban J connectivity index is 3.38. The lowest BCUT2D eigenvalue weighted by Gasteiger charge is -2.21. The third-order valence-corrected chi connectivity index (χ3v) is 2.67. The summed E-state index contributed by atoms with van der Waals surface area (Å²) in [6.07, 6.45) is 0. The zero-order valence-corrected chi connectivity index (χ0v) is 11.4. The van der Waals surface area contributed by atoms with Gasteiger partial charge in [0.15, 0.2) is 11.5 Å². The van der Waals surface area contributed by atoms with Crippen LogP contribution in [0.5, 0.6) is 17.2 Å². The summed E-state index contributed by atoms with van der Waals surface area (Å²) in [7, 11) is 8.36. The topological polar surface area (TPSA) is 54.7 Å². The van der Waals surface area contributed by atoms with Crippen LogP contribution >= 0.6 is 0 Å². The Morgan fingerprint density at radius 3 is 1.89 bits per heavy atom. The first kappa shape index (κ1) is 14.1. The van der Waals surface area contributed by atoms with Crippen LogP contribution in [0.3, 0.4) is 0 Å². The van der Waals surface area contributed by atoms with Gasteiger partial charge in [-0.15, -0.1) is 0 Å². The molecule has 0 aromatic heterocycles. The molecule has 1 rings (SSSR count). The molecule has 18 heavy (non-hydrogen) atoms. The van der Waals surface area contributed by atoms with Crippen LogP contribution < -0.4 is 14.2 Å². The van der Waals surface area contributed by atoms with Gasteiger partial charge >= 0.3 is 0 Å². The predicted octanol–water partition coefficient (Wildman–Crippen LogP) is 1.84. The Kier molecular flexibility index (Phi) is 4.81. The molecule has 0 heterocycles. The summed E-state index contributed by atoms with van der Waals surface area (Å²) in [6, 6.07) is 5.32. The fraction of sp³-hybridized carbons (Fsp3) is 0.462. The highest BCUT2D eigenvalue weighted by molar-refractivity contribution is 5.52. The highest BCUT2D eigenvalue weighted by Crippen LogP contribution is 2.38. The van der Waals surface area contributed by atoms with Crippen molar-refractivity contribution >= 4 is 0 Å². The molecule has 0 aliphatic carbocycles. The van der Waals surface area contributed by atoms with Gasteiger partial charge < -0.3 is 14.2 Å². The Morgan fingerprint density at radius 2 is 1.50 bits per heavy atom. The number of hydrogen-bond acceptors (Lipinski definition) is 5. The van der Waals surface area contributed by atoms with Gasteiger partial charge in [0.25, 0.3) is 0 Å². The average molecular weight is 250 g/mol. The number of methoxy groups -OCH3 is 3. The van der Waals surface area contributed by atoms with Crippen LogP contribution in [-0.4, -0.2) is 40.3 Å². The molecule has 0 N–H and O–H groups in total. The van der Waals surface area contributed by atoms with Crippen LogP contribution in [-0.2, 0) is 0 Å². The number of hydrogen-bond donors (Lipinski definition) is 0. The van der Waals surface area contributed by atoms with E-state index in [0.717, 1.165) is 5.56 Å². The van der Waals surface area contributed by atoms with E-state index in [1.165, 1.54) is 0 Å². The molecule has 0 fully saturated rings. The molecule has 0 saturated heterocycles. The molecule has 1 aromatic rings. The van der Waals surface area contributed by atoms with Crippen molar-refractivity contribution in [3.05, 3.63) is 17.7 Å². The lowest BCUT2D eigenvalue weighted by atomic mass is 10.0. The van der Waals surface area contributed by atoms with Gasteiger partial charge in [0.05, 0.1) is 27.4 Å². The van der Waals surface area contributed by atoms with Crippen LogP contribution in [0.1, 0.15) is 11.6 Å². The lowest BCUT2D eigenvalue weighted by Crippen LogP contribution is -2.19. The van der Waals surface area contributed by atoms with Gasteiger partial charge in [0.2, 0.25) is 0 Å². The molecule has 0 aliphatic heterocycles. The fourth-order valence-electron chi connectivity index (χ4n) is 1.73. The quantitative estimate of drug-likeness (QED) is 0.798. The largest absolute Gasteiger partial charge is 0.496 e. The van der Waals surface area contributed by atoms with E-state index in [2.05, 4.69) is 6.07 Å². The molecule has 0 amide bonds. The second-order valence-corrected chi connectivity index (χ2v) is 3.94. The van der Waals surface area contributed by atoms with Crippen molar-refractivity contribution in [2.24, 2.45) is 0 Å². The predicted molar refractivity (Wildman–Crippen MR) is 68.1 cm³/mol. The number of benzene rings is 1. The minimum atomic E-state index is -0.403. The SMILES string of the molecule is COc1cc(OC)c(C(C#N)N(C)C)cc1OC. The summed E-state index contributed by atoms with van der Waals surface area (Å²) in [4.78, 5) is 1.81. The Bertz CT molecular complexity index is 452. The van der Waals surface area contributed by atoms with Crippen LogP contribution in [0.15, 0.2) is 12.1 Å². The van der Waals surface area contributed by atoms with Crippen molar-refractivity contribution in [2.75, 3.05) is 35.4 Å². The molecule has 0 radical (unpaired) electrons. The molecule has 98 valence electrons. The van der Waals surface area contributed by atoms with E-state index >= 15 is 0 Å². The third kappa shape index (κ3) is 2.66. The van der Waals surface area contributed by atoms with E-state index in [0.29, 0.717) is 17.2 Å². The summed E-state index contributed by atoms with van der Waals surface area (Å²) in [5.74, 6) is 1.76. The zero-order chi connectivity index (χ0) is 13.7. The average Bonchev–Trinajstić information content (AvgIpc) is 2.38. The van der Waals surface area contributed by atoms with Gasteiger partial charge in [-0.3, -0.25) is 4.90 Å². The first-order valence-electron chi connectivity index (χ1n) is 5.45. The first-order chi connectivity index (χ1) is 8.58. The normalized spacial score (nSPS) is 11.8. The van der Waals surface area contributed by atoms with Crippen molar-refractivity contribution in [1.82, 2.24) is 4.90 Å². The van der Waals surface area contributed by atoms with E-state index in [-0.39, 0.29) is 0 Å². The van der Waals surface area contributed by atoms with Crippen molar-refractivity contribution in [3.8, 4) is 23.3 Å². The van der Waals surface area contributed by atoms with E-state index in [1.54, 1.807) is 33.5 Å². The van der Waals surface area contributed by atoms with Gasteiger partial charge in [-0.05, 0) is 20.2 Å². The van der Waals surface area contributed by atoms with E-state index in [9.17, 15) is 5.26 Å². The van der Waals surface area contributed by atoms with E-state index in [4.69, 9.17) is 14.2 Å².